The van der Waals surface area contributed by atoms with Crippen LogP contribution in [0.15, 0.2) is 30.7 Å². The summed E-state index contributed by atoms with van der Waals surface area (Å²) in [6.45, 7) is 2.11. The van der Waals surface area contributed by atoms with Gasteiger partial charge in [-0.05, 0) is 32.1 Å². The van der Waals surface area contributed by atoms with Gasteiger partial charge in [0, 0.05) is 24.3 Å². The lowest BCUT2D eigenvalue weighted by atomic mass is 10.3. The maximum Gasteiger partial charge on any atom is 0.0666 e. The second-order valence-electron chi connectivity index (χ2n) is 3.40. The molecule has 3 nitrogen and oxygen atoms in total. The van der Waals surface area contributed by atoms with Crippen molar-refractivity contribution in [3.05, 3.63) is 30.7 Å². The zero-order valence-electron chi connectivity index (χ0n) is 8.40. The lowest BCUT2D eigenvalue weighted by Crippen LogP contribution is -2.10. The van der Waals surface area contributed by atoms with E-state index in [1.54, 1.807) is 0 Å². The Hall–Kier alpha value is -1.35. The Morgan fingerprint density at radius 2 is 2.36 bits per heavy atom. The van der Waals surface area contributed by atoms with E-state index in [1.807, 2.05) is 25.5 Å². The van der Waals surface area contributed by atoms with Crippen molar-refractivity contribution in [3.8, 4) is 0 Å². The number of hydrogen-bond donors (Lipinski definition) is 1. The van der Waals surface area contributed by atoms with Crippen LogP contribution in [-0.2, 0) is 6.54 Å². The van der Waals surface area contributed by atoms with Crippen molar-refractivity contribution in [2.75, 3.05) is 13.6 Å². The molecular formula is C11H15N3. The molecular weight excluding hydrogens is 174 g/mol. The Kier molecular flexibility index (Phi) is 2.79. The smallest absolute Gasteiger partial charge is 0.0666 e. The van der Waals surface area contributed by atoms with E-state index in [9.17, 15) is 0 Å². The number of fused-ring (bicyclic) bond motifs is 1. The van der Waals surface area contributed by atoms with Crippen LogP contribution in [0.4, 0.5) is 0 Å². The Morgan fingerprint density at radius 1 is 1.43 bits per heavy atom. The topological polar surface area (TPSA) is 29.9 Å². The second-order valence-corrected chi connectivity index (χ2v) is 3.40. The van der Waals surface area contributed by atoms with Gasteiger partial charge in [0.15, 0.2) is 0 Å². The van der Waals surface area contributed by atoms with Gasteiger partial charge >= 0.3 is 0 Å². The first-order valence-electron chi connectivity index (χ1n) is 4.95. The maximum absolute atomic E-state index is 4.14. The monoisotopic (exact) mass is 189 g/mol. The van der Waals surface area contributed by atoms with Crippen molar-refractivity contribution in [2.24, 2.45) is 0 Å². The predicted molar refractivity (Wildman–Crippen MR) is 58.3 cm³/mol. The van der Waals surface area contributed by atoms with E-state index in [-0.39, 0.29) is 0 Å². The van der Waals surface area contributed by atoms with Gasteiger partial charge in [-0.1, -0.05) is 0 Å². The first-order chi connectivity index (χ1) is 6.92. The fourth-order valence-electron chi connectivity index (χ4n) is 1.65. The molecule has 2 aromatic heterocycles. The first kappa shape index (κ1) is 9.21. The van der Waals surface area contributed by atoms with E-state index in [0.29, 0.717) is 0 Å². The van der Waals surface area contributed by atoms with Crippen LogP contribution in [0, 0.1) is 0 Å². The molecule has 2 rings (SSSR count). The summed E-state index contributed by atoms with van der Waals surface area (Å²) in [7, 11) is 1.98. The number of aromatic nitrogens is 2. The molecule has 74 valence electrons. The molecule has 1 N–H and O–H groups in total. The summed E-state index contributed by atoms with van der Waals surface area (Å²) in [5.41, 5.74) is 1.23. The summed E-state index contributed by atoms with van der Waals surface area (Å²) < 4.78 is 2.25. The van der Waals surface area contributed by atoms with Gasteiger partial charge in [0.1, 0.15) is 0 Å². The highest BCUT2D eigenvalue weighted by atomic mass is 15.0. The van der Waals surface area contributed by atoms with Gasteiger partial charge in [-0.3, -0.25) is 4.98 Å². The minimum Gasteiger partial charge on any atom is -0.346 e. The van der Waals surface area contributed by atoms with Gasteiger partial charge in [-0.2, -0.15) is 0 Å². The van der Waals surface area contributed by atoms with E-state index in [2.05, 4.69) is 27.1 Å². The zero-order chi connectivity index (χ0) is 9.80. The van der Waals surface area contributed by atoms with Crippen LogP contribution >= 0.6 is 0 Å². The molecule has 3 heteroatoms. The summed E-state index contributed by atoms with van der Waals surface area (Å²) >= 11 is 0. The highest BCUT2D eigenvalue weighted by Crippen LogP contribution is 2.13. The largest absolute Gasteiger partial charge is 0.346 e. The second kappa shape index (κ2) is 4.24. The lowest BCUT2D eigenvalue weighted by Gasteiger charge is -2.04. The van der Waals surface area contributed by atoms with Gasteiger partial charge in [-0.25, -0.2) is 0 Å². The van der Waals surface area contributed by atoms with Crippen LogP contribution in [0.2, 0.25) is 0 Å². The third-order valence-corrected chi connectivity index (χ3v) is 2.40. The summed E-state index contributed by atoms with van der Waals surface area (Å²) in [5.74, 6) is 0. The lowest BCUT2D eigenvalue weighted by molar-refractivity contribution is 0.627. The van der Waals surface area contributed by atoms with Crippen molar-refractivity contribution in [3.63, 3.8) is 0 Å². The first-order valence-corrected chi connectivity index (χ1v) is 4.95. The third kappa shape index (κ3) is 1.77. The number of aryl methyl sites for hydroxylation is 1. The van der Waals surface area contributed by atoms with Gasteiger partial charge in [0.2, 0.25) is 0 Å². The molecule has 0 aliphatic carbocycles. The molecule has 0 fully saturated rings. The predicted octanol–water partition coefficient (Wildman–Crippen LogP) is 1.65. The fourth-order valence-corrected chi connectivity index (χ4v) is 1.65. The standard InChI is InChI=1S/C11H15N3/c1-12-5-2-7-14-8-4-10-3-6-13-9-11(10)14/h3-4,6,8-9,12H,2,5,7H2,1H3. The maximum atomic E-state index is 4.14. The molecule has 0 spiro atoms. The highest BCUT2D eigenvalue weighted by molar-refractivity contribution is 5.78. The number of pyridine rings is 1. The van der Waals surface area contributed by atoms with Crippen LogP contribution in [0.25, 0.3) is 10.9 Å². The SMILES string of the molecule is CNCCCn1ccc2ccncc21. The molecule has 14 heavy (non-hydrogen) atoms. The molecule has 0 bridgehead atoms. The van der Waals surface area contributed by atoms with Crippen LogP contribution in [0.5, 0.6) is 0 Å². The molecule has 2 heterocycles. The number of hydrogen-bond acceptors (Lipinski definition) is 2. The Balaban J connectivity index is 2.17. The number of rotatable bonds is 4. The summed E-state index contributed by atoms with van der Waals surface area (Å²) in [6.07, 6.45) is 7.03. The molecule has 0 aliphatic heterocycles. The number of nitrogens with one attached hydrogen (secondary N) is 1. The van der Waals surface area contributed by atoms with E-state index >= 15 is 0 Å². The van der Waals surface area contributed by atoms with E-state index in [1.165, 1.54) is 10.9 Å². The normalized spacial score (nSPS) is 10.9. The summed E-state index contributed by atoms with van der Waals surface area (Å²) in [6, 6.07) is 4.18. The minimum absolute atomic E-state index is 1.05. The number of nitrogens with zero attached hydrogens (tertiary/aromatic N) is 2. The van der Waals surface area contributed by atoms with Gasteiger partial charge in [0.05, 0.1) is 11.7 Å². The average Bonchev–Trinajstić information content (AvgIpc) is 2.63. The van der Waals surface area contributed by atoms with Gasteiger partial charge in [-0.15, -0.1) is 0 Å². The Morgan fingerprint density at radius 3 is 3.21 bits per heavy atom. The van der Waals surface area contributed by atoms with Crippen LogP contribution in [-0.4, -0.2) is 23.1 Å². The van der Waals surface area contributed by atoms with Gasteiger partial charge < -0.3 is 9.88 Å². The zero-order valence-corrected chi connectivity index (χ0v) is 8.40. The minimum atomic E-state index is 1.05. The van der Waals surface area contributed by atoms with Crippen molar-refractivity contribution in [1.29, 1.82) is 0 Å². The van der Waals surface area contributed by atoms with Crippen molar-refractivity contribution >= 4 is 10.9 Å². The molecule has 0 aromatic carbocycles. The molecule has 0 saturated carbocycles. The molecule has 0 radical (unpaired) electrons. The highest BCUT2D eigenvalue weighted by Gasteiger charge is 1.98. The molecule has 0 saturated heterocycles. The molecule has 0 amide bonds. The quantitative estimate of drug-likeness (QED) is 0.741. The van der Waals surface area contributed by atoms with Gasteiger partial charge in [0.25, 0.3) is 0 Å². The van der Waals surface area contributed by atoms with E-state index in [4.69, 9.17) is 0 Å². The van der Waals surface area contributed by atoms with Crippen LogP contribution < -0.4 is 5.32 Å². The van der Waals surface area contributed by atoms with Crippen molar-refractivity contribution in [1.82, 2.24) is 14.9 Å². The fraction of sp³-hybridized carbons (Fsp3) is 0.364. The van der Waals surface area contributed by atoms with E-state index in [0.717, 1.165) is 19.5 Å². The third-order valence-electron chi connectivity index (χ3n) is 2.40. The molecule has 2 aromatic rings. The van der Waals surface area contributed by atoms with E-state index < -0.39 is 0 Å². The summed E-state index contributed by atoms with van der Waals surface area (Å²) in [5, 5.41) is 4.42. The van der Waals surface area contributed by atoms with Crippen molar-refractivity contribution < 1.29 is 0 Å². The molecule has 0 atom stereocenters. The Bertz CT molecular complexity index is 406. The Labute approximate surface area is 83.8 Å². The molecule has 0 aliphatic rings. The average molecular weight is 189 g/mol. The molecule has 0 unspecified atom stereocenters. The summed E-state index contributed by atoms with van der Waals surface area (Å²) in [4.78, 5) is 4.14. The van der Waals surface area contributed by atoms with Crippen LogP contribution in [0.3, 0.4) is 0 Å². The van der Waals surface area contributed by atoms with Crippen LogP contribution in [0.1, 0.15) is 6.42 Å². The van der Waals surface area contributed by atoms with Crippen molar-refractivity contribution in [2.45, 2.75) is 13.0 Å².